The number of esters is 1. The van der Waals surface area contributed by atoms with Crippen molar-refractivity contribution in [1.29, 1.82) is 0 Å². The lowest BCUT2D eigenvalue weighted by molar-refractivity contribution is -0.147. The summed E-state index contributed by atoms with van der Waals surface area (Å²) in [5, 5.41) is 2.38. The number of rotatable bonds is 4. The molecule has 22 heavy (non-hydrogen) atoms. The maximum Gasteiger partial charge on any atom is 0.416 e. The van der Waals surface area contributed by atoms with Crippen LogP contribution in [-0.2, 0) is 20.5 Å². The van der Waals surface area contributed by atoms with Crippen LogP contribution in [0, 0.1) is 5.92 Å². The summed E-state index contributed by atoms with van der Waals surface area (Å²) in [5.74, 6) is -1.59. The SMILES string of the molecule is COC(=O)C(NC(=O)C1CCC1)c1ccccc1C(F)(F)F. The molecule has 0 bridgehead atoms. The average molecular weight is 315 g/mol. The fourth-order valence-corrected chi connectivity index (χ4v) is 2.32. The van der Waals surface area contributed by atoms with Crippen molar-refractivity contribution in [1.82, 2.24) is 5.32 Å². The molecular formula is C15H16F3NO3. The van der Waals surface area contributed by atoms with E-state index in [9.17, 15) is 22.8 Å². The zero-order chi connectivity index (χ0) is 16.3. The van der Waals surface area contributed by atoms with Gasteiger partial charge >= 0.3 is 12.1 Å². The highest BCUT2D eigenvalue weighted by molar-refractivity contribution is 5.87. The Morgan fingerprint density at radius 3 is 2.41 bits per heavy atom. The molecule has 1 N–H and O–H groups in total. The topological polar surface area (TPSA) is 55.4 Å². The number of carbonyl (C=O) groups excluding carboxylic acids is 2. The number of amides is 1. The van der Waals surface area contributed by atoms with Crippen molar-refractivity contribution in [2.45, 2.75) is 31.5 Å². The highest BCUT2D eigenvalue weighted by Gasteiger charge is 2.38. The van der Waals surface area contributed by atoms with Crippen molar-refractivity contribution in [3.63, 3.8) is 0 Å². The van der Waals surface area contributed by atoms with Crippen LogP contribution in [0.4, 0.5) is 13.2 Å². The van der Waals surface area contributed by atoms with Gasteiger partial charge in [0.25, 0.3) is 0 Å². The first-order valence-electron chi connectivity index (χ1n) is 6.89. The fraction of sp³-hybridized carbons (Fsp3) is 0.467. The standard InChI is InChI=1S/C15H16F3NO3/c1-22-14(21)12(19-13(20)9-5-4-6-9)10-7-2-3-8-11(10)15(16,17)18/h2-3,7-9,12H,4-6H2,1H3,(H,19,20). The smallest absolute Gasteiger partial charge is 0.416 e. The number of hydrogen-bond acceptors (Lipinski definition) is 3. The summed E-state index contributed by atoms with van der Waals surface area (Å²) in [6.45, 7) is 0. The predicted octanol–water partition coefficient (Wildman–Crippen LogP) is 2.84. The maximum absolute atomic E-state index is 13.1. The predicted molar refractivity (Wildman–Crippen MR) is 71.7 cm³/mol. The number of carbonyl (C=O) groups is 2. The van der Waals surface area contributed by atoms with E-state index in [-0.39, 0.29) is 11.5 Å². The van der Waals surface area contributed by atoms with E-state index in [2.05, 4.69) is 10.1 Å². The highest BCUT2D eigenvalue weighted by Crippen LogP contribution is 2.35. The van der Waals surface area contributed by atoms with Crippen LogP contribution in [0.25, 0.3) is 0 Å². The minimum absolute atomic E-state index is 0.245. The number of alkyl halides is 3. The van der Waals surface area contributed by atoms with E-state index in [1.54, 1.807) is 0 Å². The van der Waals surface area contributed by atoms with Crippen molar-refractivity contribution < 1.29 is 27.5 Å². The summed E-state index contributed by atoms with van der Waals surface area (Å²) in [5.41, 5.74) is -1.27. The Labute approximate surface area is 125 Å². The van der Waals surface area contributed by atoms with Gasteiger partial charge in [0.2, 0.25) is 5.91 Å². The lowest BCUT2D eigenvalue weighted by atomic mass is 9.84. The molecule has 2 rings (SSSR count). The molecule has 1 aromatic rings. The van der Waals surface area contributed by atoms with Crippen LogP contribution in [0.1, 0.15) is 36.4 Å². The van der Waals surface area contributed by atoms with Gasteiger partial charge < -0.3 is 10.1 Å². The second kappa shape index (κ2) is 6.37. The molecule has 0 aromatic heterocycles. The number of nitrogens with one attached hydrogen (secondary N) is 1. The Kier molecular flexibility index (Phi) is 4.73. The average Bonchev–Trinajstić information content (AvgIpc) is 2.41. The summed E-state index contributed by atoms with van der Waals surface area (Å²) in [6.07, 6.45) is -2.36. The van der Waals surface area contributed by atoms with Gasteiger partial charge in [0, 0.05) is 5.92 Å². The first-order chi connectivity index (χ1) is 10.3. The summed E-state index contributed by atoms with van der Waals surface area (Å²) < 4.78 is 43.8. The van der Waals surface area contributed by atoms with Crippen LogP contribution in [0.5, 0.6) is 0 Å². The molecule has 0 radical (unpaired) electrons. The summed E-state index contributed by atoms with van der Waals surface area (Å²) in [4.78, 5) is 23.8. The molecule has 0 saturated heterocycles. The molecule has 1 fully saturated rings. The van der Waals surface area contributed by atoms with E-state index in [0.717, 1.165) is 19.6 Å². The Bertz CT molecular complexity index is 567. The quantitative estimate of drug-likeness (QED) is 0.869. The van der Waals surface area contributed by atoms with Gasteiger partial charge in [-0.2, -0.15) is 13.2 Å². The van der Waals surface area contributed by atoms with Crippen molar-refractivity contribution in [3.05, 3.63) is 35.4 Å². The molecule has 0 heterocycles. The van der Waals surface area contributed by atoms with Gasteiger partial charge in [-0.15, -0.1) is 0 Å². The van der Waals surface area contributed by atoms with Gasteiger partial charge in [-0.3, -0.25) is 4.79 Å². The van der Waals surface area contributed by atoms with Crippen LogP contribution >= 0.6 is 0 Å². The minimum atomic E-state index is -4.62. The number of benzene rings is 1. The second-order valence-electron chi connectivity index (χ2n) is 5.18. The normalized spacial score (nSPS) is 16.5. The van der Waals surface area contributed by atoms with E-state index < -0.39 is 29.7 Å². The molecule has 1 aliphatic carbocycles. The van der Waals surface area contributed by atoms with Crippen molar-refractivity contribution in [2.24, 2.45) is 5.92 Å². The Morgan fingerprint density at radius 2 is 1.91 bits per heavy atom. The Balaban J connectivity index is 2.33. The minimum Gasteiger partial charge on any atom is -0.467 e. The molecule has 1 amide bonds. The van der Waals surface area contributed by atoms with Crippen LogP contribution < -0.4 is 5.32 Å². The molecule has 120 valence electrons. The molecule has 1 aromatic carbocycles. The van der Waals surface area contributed by atoms with Gasteiger partial charge in [-0.1, -0.05) is 24.6 Å². The monoisotopic (exact) mass is 315 g/mol. The third kappa shape index (κ3) is 3.40. The lowest BCUT2D eigenvalue weighted by Gasteiger charge is -2.27. The molecule has 1 unspecified atom stereocenters. The fourth-order valence-electron chi connectivity index (χ4n) is 2.32. The molecule has 7 heteroatoms. The van der Waals surface area contributed by atoms with Gasteiger partial charge in [0.05, 0.1) is 12.7 Å². The van der Waals surface area contributed by atoms with E-state index in [1.807, 2.05) is 0 Å². The number of hydrogen-bond donors (Lipinski definition) is 1. The van der Waals surface area contributed by atoms with Gasteiger partial charge in [0.15, 0.2) is 6.04 Å². The number of halogens is 3. The first kappa shape index (κ1) is 16.3. The van der Waals surface area contributed by atoms with Gasteiger partial charge in [-0.05, 0) is 24.5 Å². The Morgan fingerprint density at radius 1 is 1.27 bits per heavy atom. The highest BCUT2D eigenvalue weighted by atomic mass is 19.4. The molecule has 1 atom stereocenters. The van der Waals surface area contributed by atoms with Crippen LogP contribution in [0.15, 0.2) is 24.3 Å². The first-order valence-corrected chi connectivity index (χ1v) is 6.89. The zero-order valence-electron chi connectivity index (χ0n) is 11.9. The van der Waals surface area contributed by atoms with E-state index >= 15 is 0 Å². The third-order valence-electron chi connectivity index (χ3n) is 3.78. The van der Waals surface area contributed by atoms with Crippen molar-refractivity contribution in [2.75, 3.05) is 7.11 Å². The molecule has 0 spiro atoms. The second-order valence-corrected chi connectivity index (χ2v) is 5.18. The summed E-state index contributed by atoms with van der Waals surface area (Å²) >= 11 is 0. The van der Waals surface area contributed by atoms with Crippen molar-refractivity contribution in [3.8, 4) is 0 Å². The van der Waals surface area contributed by atoms with Crippen molar-refractivity contribution >= 4 is 11.9 Å². The zero-order valence-corrected chi connectivity index (χ0v) is 11.9. The molecule has 1 saturated carbocycles. The number of ether oxygens (including phenoxy) is 1. The van der Waals surface area contributed by atoms with E-state index in [4.69, 9.17) is 0 Å². The molecule has 4 nitrogen and oxygen atoms in total. The maximum atomic E-state index is 13.1. The van der Waals surface area contributed by atoms with Gasteiger partial charge in [-0.25, -0.2) is 4.79 Å². The van der Waals surface area contributed by atoms with Crippen LogP contribution in [0.2, 0.25) is 0 Å². The summed E-state index contributed by atoms with van der Waals surface area (Å²) in [6, 6.07) is 3.20. The molecule has 0 aliphatic heterocycles. The van der Waals surface area contributed by atoms with E-state index in [1.165, 1.54) is 18.2 Å². The largest absolute Gasteiger partial charge is 0.467 e. The van der Waals surface area contributed by atoms with Crippen LogP contribution in [0.3, 0.4) is 0 Å². The van der Waals surface area contributed by atoms with Crippen LogP contribution in [-0.4, -0.2) is 19.0 Å². The molecular weight excluding hydrogens is 299 g/mol. The Hall–Kier alpha value is -2.05. The summed E-state index contributed by atoms with van der Waals surface area (Å²) in [7, 11) is 1.07. The third-order valence-corrected chi connectivity index (χ3v) is 3.78. The number of methoxy groups -OCH3 is 1. The van der Waals surface area contributed by atoms with E-state index in [0.29, 0.717) is 12.8 Å². The molecule has 1 aliphatic rings. The van der Waals surface area contributed by atoms with Gasteiger partial charge in [0.1, 0.15) is 0 Å². The lowest BCUT2D eigenvalue weighted by Crippen LogP contribution is -2.41.